The summed E-state index contributed by atoms with van der Waals surface area (Å²) in [4.78, 5) is 22.8. The van der Waals surface area contributed by atoms with Crippen molar-refractivity contribution in [3.05, 3.63) is 18.0 Å². The fourth-order valence-corrected chi connectivity index (χ4v) is 1.80. The second kappa shape index (κ2) is 5.83. The molecule has 1 aliphatic carbocycles. The van der Waals surface area contributed by atoms with Crippen LogP contribution < -0.4 is 10.6 Å². The number of hydrogen-bond acceptors (Lipinski definition) is 4. The molecule has 7 nitrogen and oxygen atoms in total. The van der Waals surface area contributed by atoms with E-state index in [0.29, 0.717) is 11.5 Å². The lowest BCUT2D eigenvalue weighted by Gasteiger charge is -2.13. The lowest BCUT2D eigenvalue weighted by Crippen LogP contribution is -2.39. The quantitative estimate of drug-likeness (QED) is 0.627. The molecule has 19 heavy (non-hydrogen) atoms. The van der Waals surface area contributed by atoms with Crippen molar-refractivity contribution in [3.8, 4) is 0 Å². The molecule has 1 heterocycles. The first-order chi connectivity index (χ1) is 9.06. The third-order valence-electron chi connectivity index (χ3n) is 3.03. The van der Waals surface area contributed by atoms with Crippen LogP contribution >= 0.6 is 0 Å². The van der Waals surface area contributed by atoms with Crippen LogP contribution in [0.5, 0.6) is 0 Å². The lowest BCUT2D eigenvalue weighted by molar-refractivity contribution is -0.141. The minimum Gasteiger partial charge on any atom is -0.479 e. The first-order valence-corrected chi connectivity index (χ1v) is 6.27. The van der Waals surface area contributed by atoms with E-state index in [4.69, 9.17) is 5.11 Å². The highest BCUT2D eigenvalue weighted by atomic mass is 16.4. The van der Waals surface area contributed by atoms with E-state index in [1.807, 2.05) is 0 Å². The van der Waals surface area contributed by atoms with Crippen molar-refractivity contribution in [2.24, 2.45) is 13.0 Å². The number of nitrogens with one attached hydrogen (secondary N) is 2. The minimum atomic E-state index is -1.09. The van der Waals surface area contributed by atoms with Crippen molar-refractivity contribution in [1.29, 1.82) is 0 Å². The average molecular weight is 266 g/mol. The van der Waals surface area contributed by atoms with Gasteiger partial charge in [-0.25, -0.2) is 4.79 Å². The van der Waals surface area contributed by atoms with E-state index in [0.717, 1.165) is 6.54 Å². The summed E-state index contributed by atoms with van der Waals surface area (Å²) < 4.78 is 1.50. The zero-order valence-electron chi connectivity index (χ0n) is 10.8. The number of hydrogen-bond donors (Lipinski definition) is 3. The number of rotatable bonds is 7. The van der Waals surface area contributed by atoms with Gasteiger partial charge in [0.25, 0.3) is 0 Å². The molecule has 1 unspecified atom stereocenters. The summed E-state index contributed by atoms with van der Waals surface area (Å²) in [5.41, 5.74) is 0.463. The number of amides is 1. The van der Waals surface area contributed by atoms with Crippen LogP contribution in [0.15, 0.2) is 12.4 Å². The van der Waals surface area contributed by atoms with Gasteiger partial charge in [0.05, 0.1) is 12.7 Å². The van der Waals surface area contributed by atoms with E-state index >= 15 is 0 Å². The molecule has 3 N–H and O–H groups in total. The molecule has 0 aromatic carbocycles. The number of nitrogens with zero attached hydrogens (tertiary/aromatic N) is 2. The molecule has 0 saturated heterocycles. The molecular weight excluding hydrogens is 248 g/mol. The molecule has 2 rings (SSSR count). The van der Waals surface area contributed by atoms with E-state index in [9.17, 15) is 9.59 Å². The maximum atomic E-state index is 11.7. The molecule has 1 fully saturated rings. The molecular formula is C12H18N4O3. The highest BCUT2D eigenvalue weighted by Gasteiger charge is 2.24. The van der Waals surface area contributed by atoms with E-state index in [2.05, 4.69) is 15.7 Å². The number of carboxylic acid groups (broad SMARTS) is 1. The lowest BCUT2D eigenvalue weighted by atomic mass is 10.1. The minimum absolute atomic E-state index is 0.139. The molecule has 1 aliphatic rings. The van der Waals surface area contributed by atoms with Gasteiger partial charge in [-0.05, 0) is 25.3 Å². The van der Waals surface area contributed by atoms with Crippen LogP contribution in [0.1, 0.15) is 24.4 Å². The van der Waals surface area contributed by atoms with Crippen LogP contribution in [-0.2, 0) is 16.6 Å². The van der Waals surface area contributed by atoms with E-state index in [-0.39, 0.29) is 12.5 Å². The fourth-order valence-electron chi connectivity index (χ4n) is 1.80. The number of aromatic nitrogens is 2. The third kappa shape index (κ3) is 4.06. The largest absolute Gasteiger partial charge is 0.479 e. The van der Waals surface area contributed by atoms with Gasteiger partial charge in [0, 0.05) is 18.8 Å². The maximum Gasteiger partial charge on any atom is 0.331 e. The average Bonchev–Trinajstić information content (AvgIpc) is 3.07. The fraction of sp³-hybridized carbons (Fsp3) is 0.583. The Hall–Kier alpha value is -1.89. The third-order valence-corrected chi connectivity index (χ3v) is 3.03. The number of aliphatic carboxylic acids is 1. The molecule has 0 aliphatic heterocycles. The molecule has 1 aromatic heterocycles. The Kier molecular flexibility index (Phi) is 4.16. The van der Waals surface area contributed by atoms with Crippen molar-refractivity contribution in [1.82, 2.24) is 20.4 Å². The Morgan fingerprint density at radius 1 is 1.58 bits per heavy atom. The molecule has 1 aromatic rings. The summed E-state index contributed by atoms with van der Waals surface area (Å²) in [6, 6.07) is -1.05. The highest BCUT2D eigenvalue weighted by Crippen LogP contribution is 2.27. The van der Waals surface area contributed by atoms with Gasteiger partial charge in [-0.2, -0.15) is 5.10 Å². The summed E-state index contributed by atoms with van der Waals surface area (Å²) in [6.07, 6.45) is 5.44. The molecule has 7 heteroatoms. The zero-order chi connectivity index (χ0) is 13.8. The smallest absolute Gasteiger partial charge is 0.331 e. The first-order valence-electron chi connectivity index (χ1n) is 6.27. The van der Waals surface area contributed by atoms with Crippen molar-refractivity contribution >= 4 is 11.9 Å². The van der Waals surface area contributed by atoms with Crippen molar-refractivity contribution < 1.29 is 14.7 Å². The first kappa shape index (κ1) is 13.5. The van der Waals surface area contributed by atoms with Gasteiger partial charge in [-0.1, -0.05) is 0 Å². The number of aryl methyl sites for hydroxylation is 1. The summed E-state index contributed by atoms with van der Waals surface area (Å²) in [5, 5.41) is 18.6. The Labute approximate surface area is 111 Å². The molecule has 0 bridgehead atoms. The molecule has 0 radical (unpaired) electrons. The van der Waals surface area contributed by atoms with Crippen LogP contribution in [0.25, 0.3) is 0 Å². The van der Waals surface area contributed by atoms with Gasteiger partial charge in [-0.15, -0.1) is 0 Å². The summed E-state index contributed by atoms with van der Waals surface area (Å²) in [7, 11) is 1.70. The van der Waals surface area contributed by atoms with Crippen molar-refractivity contribution in [3.63, 3.8) is 0 Å². The SMILES string of the molecule is Cn1cc(C(NC(=O)CNCC2CC2)C(=O)O)cn1. The van der Waals surface area contributed by atoms with Crippen molar-refractivity contribution in [2.75, 3.05) is 13.1 Å². The molecule has 1 amide bonds. The Morgan fingerprint density at radius 3 is 2.84 bits per heavy atom. The number of carboxylic acids is 1. The van der Waals surface area contributed by atoms with E-state index < -0.39 is 12.0 Å². The van der Waals surface area contributed by atoms with Gasteiger partial charge < -0.3 is 15.7 Å². The molecule has 0 spiro atoms. The van der Waals surface area contributed by atoms with Crippen LogP contribution in [-0.4, -0.2) is 39.9 Å². The maximum absolute atomic E-state index is 11.7. The monoisotopic (exact) mass is 266 g/mol. The molecule has 1 saturated carbocycles. The van der Waals surface area contributed by atoms with Crippen LogP contribution in [0.3, 0.4) is 0 Å². The Bertz CT molecular complexity index is 467. The normalized spacial score (nSPS) is 16.1. The van der Waals surface area contributed by atoms with Gasteiger partial charge in [0.15, 0.2) is 6.04 Å². The predicted octanol–water partition coefficient (Wildman–Crippen LogP) is -0.338. The molecule has 1 atom stereocenters. The number of carbonyl (C=O) groups is 2. The molecule has 104 valence electrons. The summed E-state index contributed by atoms with van der Waals surface area (Å²) in [5.74, 6) is -0.734. The highest BCUT2D eigenvalue weighted by molar-refractivity contribution is 5.85. The second-order valence-electron chi connectivity index (χ2n) is 4.86. The van der Waals surface area contributed by atoms with Crippen LogP contribution in [0.4, 0.5) is 0 Å². The summed E-state index contributed by atoms with van der Waals surface area (Å²) in [6.45, 7) is 0.957. The second-order valence-corrected chi connectivity index (χ2v) is 4.86. The van der Waals surface area contributed by atoms with Crippen LogP contribution in [0.2, 0.25) is 0 Å². The predicted molar refractivity (Wildman–Crippen MR) is 67.3 cm³/mol. The van der Waals surface area contributed by atoms with E-state index in [1.54, 1.807) is 13.2 Å². The van der Waals surface area contributed by atoms with Gasteiger partial charge >= 0.3 is 5.97 Å². The summed E-state index contributed by atoms with van der Waals surface area (Å²) >= 11 is 0. The van der Waals surface area contributed by atoms with Gasteiger partial charge in [0.2, 0.25) is 5.91 Å². The number of carbonyl (C=O) groups excluding carboxylic acids is 1. The standard InChI is InChI=1S/C12H18N4O3/c1-16-7-9(5-14-16)11(12(18)19)15-10(17)6-13-4-8-2-3-8/h5,7-8,11,13H,2-4,6H2,1H3,(H,15,17)(H,18,19). The van der Waals surface area contributed by atoms with Crippen molar-refractivity contribution in [2.45, 2.75) is 18.9 Å². The van der Waals surface area contributed by atoms with Crippen LogP contribution in [0, 0.1) is 5.92 Å². The Balaban J connectivity index is 1.85. The topological polar surface area (TPSA) is 96.2 Å². The zero-order valence-corrected chi connectivity index (χ0v) is 10.8. The van der Waals surface area contributed by atoms with E-state index in [1.165, 1.54) is 23.7 Å². The van der Waals surface area contributed by atoms with Gasteiger partial charge in [0.1, 0.15) is 0 Å². The van der Waals surface area contributed by atoms with Gasteiger partial charge in [-0.3, -0.25) is 9.48 Å². The Morgan fingerprint density at radius 2 is 2.32 bits per heavy atom.